The minimum Gasteiger partial charge on any atom is -0.494 e. The molecule has 0 amide bonds. The smallest absolute Gasteiger partial charge is 0.123 e. The van der Waals surface area contributed by atoms with Crippen molar-refractivity contribution in [1.29, 1.82) is 0 Å². The fraction of sp³-hybridized carbons (Fsp3) is 0.478. The van der Waals surface area contributed by atoms with Gasteiger partial charge in [0.05, 0.1) is 12.7 Å². The highest BCUT2D eigenvalue weighted by Gasteiger charge is 2.28. The molecule has 0 aliphatic rings. The summed E-state index contributed by atoms with van der Waals surface area (Å²) in [5.74, 6) is 2.38. The van der Waals surface area contributed by atoms with Crippen LogP contribution < -0.4 is 9.47 Å². The maximum Gasteiger partial charge on any atom is 0.123 e. The van der Waals surface area contributed by atoms with Crippen molar-refractivity contribution < 1.29 is 9.47 Å². The third-order valence-electron chi connectivity index (χ3n) is 4.58. The molecule has 0 aliphatic carbocycles. The lowest BCUT2D eigenvalue weighted by atomic mass is 9.77. The Morgan fingerprint density at radius 1 is 0.920 bits per heavy atom. The van der Waals surface area contributed by atoms with Crippen molar-refractivity contribution in [2.75, 3.05) is 6.61 Å². The van der Waals surface area contributed by atoms with E-state index >= 15 is 0 Å². The molecule has 2 rings (SSSR count). The van der Waals surface area contributed by atoms with Crippen LogP contribution in [0.4, 0.5) is 0 Å². The largest absolute Gasteiger partial charge is 0.494 e. The molecule has 0 fully saturated rings. The van der Waals surface area contributed by atoms with Crippen LogP contribution >= 0.6 is 0 Å². The van der Waals surface area contributed by atoms with Crippen LogP contribution in [0.2, 0.25) is 0 Å². The van der Waals surface area contributed by atoms with Gasteiger partial charge >= 0.3 is 0 Å². The lowest BCUT2D eigenvalue weighted by Gasteiger charge is -2.30. The van der Waals surface area contributed by atoms with E-state index in [0.717, 1.165) is 11.5 Å². The molecule has 2 aromatic carbocycles. The molecule has 0 radical (unpaired) electrons. The lowest BCUT2D eigenvalue weighted by molar-refractivity contribution is 0.237. The van der Waals surface area contributed by atoms with E-state index in [0.29, 0.717) is 12.5 Å². The Morgan fingerprint density at radius 3 is 2.20 bits per heavy atom. The number of hydrogen-bond donors (Lipinski definition) is 0. The Kier molecular flexibility index (Phi) is 6.16. The van der Waals surface area contributed by atoms with E-state index in [1.807, 2.05) is 13.0 Å². The second-order valence-electron chi connectivity index (χ2n) is 7.63. The molecule has 0 saturated heterocycles. The van der Waals surface area contributed by atoms with Crippen molar-refractivity contribution in [3.05, 3.63) is 59.2 Å². The van der Waals surface area contributed by atoms with E-state index < -0.39 is 0 Å². The van der Waals surface area contributed by atoms with Crippen molar-refractivity contribution >= 4 is 0 Å². The summed E-state index contributed by atoms with van der Waals surface area (Å²) in [5, 5.41) is 0. The van der Waals surface area contributed by atoms with Crippen molar-refractivity contribution in [3.8, 4) is 11.5 Å². The van der Waals surface area contributed by atoms with Gasteiger partial charge in [0.15, 0.2) is 0 Å². The maximum atomic E-state index is 6.06. The summed E-state index contributed by atoms with van der Waals surface area (Å²) >= 11 is 0. The summed E-state index contributed by atoms with van der Waals surface area (Å²) in [5.41, 5.74) is 3.52. The monoisotopic (exact) mass is 340 g/mol. The van der Waals surface area contributed by atoms with Gasteiger partial charge in [-0.2, -0.15) is 0 Å². The Bertz CT molecular complexity index is 699. The van der Waals surface area contributed by atoms with Gasteiger partial charge in [0.25, 0.3) is 0 Å². The lowest BCUT2D eigenvalue weighted by Crippen LogP contribution is -2.21. The highest BCUT2D eigenvalue weighted by Crippen LogP contribution is 2.40. The van der Waals surface area contributed by atoms with Crippen LogP contribution in [0.5, 0.6) is 11.5 Å². The minimum atomic E-state index is -0.174. The van der Waals surface area contributed by atoms with Crippen LogP contribution in [-0.4, -0.2) is 12.7 Å². The summed E-state index contributed by atoms with van der Waals surface area (Å²) < 4.78 is 12.0. The van der Waals surface area contributed by atoms with Crippen LogP contribution in [0.1, 0.15) is 71.1 Å². The second kappa shape index (κ2) is 7.95. The molecule has 0 bridgehead atoms. The summed E-state index contributed by atoms with van der Waals surface area (Å²) in [4.78, 5) is 0. The molecule has 25 heavy (non-hydrogen) atoms. The first-order chi connectivity index (χ1) is 11.8. The van der Waals surface area contributed by atoms with Crippen LogP contribution in [0.15, 0.2) is 42.5 Å². The molecule has 2 nitrogen and oxygen atoms in total. The molecule has 0 spiro atoms. The highest BCUT2D eigenvalue weighted by molar-refractivity contribution is 5.49. The third-order valence-corrected chi connectivity index (χ3v) is 4.58. The molecule has 0 N–H and O–H groups in total. The van der Waals surface area contributed by atoms with E-state index in [1.54, 1.807) is 0 Å². The van der Waals surface area contributed by atoms with Crippen LogP contribution in [-0.2, 0) is 5.41 Å². The first-order valence-corrected chi connectivity index (χ1v) is 9.30. The van der Waals surface area contributed by atoms with Gasteiger partial charge in [0, 0.05) is 11.0 Å². The fourth-order valence-electron chi connectivity index (χ4n) is 3.18. The Morgan fingerprint density at radius 2 is 1.60 bits per heavy atom. The second-order valence-corrected chi connectivity index (χ2v) is 7.63. The first-order valence-electron chi connectivity index (χ1n) is 9.30. The Labute approximate surface area is 153 Å². The number of hydrogen-bond acceptors (Lipinski definition) is 2. The minimum absolute atomic E-state index is 0.152. The van der Waals surface area contributed by atoms with E-state index in [2.05, 4.69) is 77.9 Å². The topological polar surface area (TPSA) is 18.5 Å². The molecule has 2 aromatic rings. The quantitative estimate of drug-likeness (QED) is 0.587. The zero-order chi connectivity index (χ0) is 18.6. The van der Waals surface area contributed by atoms with E-state index in [4.69, 9.17) is 9.47 Å². The number of benzene rings is 2. The van der Waals surface area contributed by atoms with Crippen LogP contribution in [0.25, 0.3) is 0 Å². The van der Waals surface area contributed by atoms with Crippen LogP contribution in [0.3, 0.4) is 0 Å². The van der Waals surface area contributed by atoms with Gasteiger partial charge in [0.2, 0.25) is 0 Å². The third kappa shape index (κ3) is 4.36. The Balaban J connectivity index is 2.51. The Hall–Kier alpha value is -1.96. The average molecular weight is 341 g/mol. The predicted octanol–water partition coefficient (Wildman–Crippen LogP) is 6.32. The van der Waals surface area contributed by atoms with E-state index in [-0.39, 0.29) is 11.5 Å². The first kappa shape index (κ1) is 19.4. The van der Waals surface area contributed by atoms with Gasteiger partial charge in [-0.25, -0.2) is 0 Å². The van der Waals surface area contributed by atoms with E-state index in [1.165, 1.54) is 16.7 Å². The van der Waals surface area contributed by atoms with Crippen molar-refractivity contribution in [2.24, 2.45) is 0 Å². The maximum absolute atomic E-state index is 6.06. The molecule has 0 atom stereocenters. The van der Waals surface area contributed by atoms with Gasteiger partial charge in [-0.3, -0.25) is 0 Å². The summed E-state index contributed by atoms with van der Waals surface area (Å²) in [6.07, 6.45) is 0.152. The molecule has 136 valence electrons. The molecular formula is C23H32O2. The normalized spacial score (nSPS) is 11.9. The fourth-order valence-corrected chi connectivity index (χ4v) is 3.18. The molecule has 0 saturated carbocycles. The number of rotatable bonds is 7. The predicted molar refractivity (Wildman–Crippen MR) is 106 cm³/mol. The zero-order valence-corrected chi connectivity index (χ0v) is 16.7. The average Bonchev–Trinajstić information content (AvgIpc) is 2.54. The van der Waals surface area contributed by atoms with Gasteiger partial charge in [-0.1, -0.05) is 58.0 Å². The molecule has 0 unspecified atom stereocenters. The van der Waals surface area contributed by atoms with E-state index in [9.17, 15) is 0 Å². The number of para-hydroxylation sites is 1. The summed E-state index contributed by atoms with van der Waals surface area (Å²) in [7, 11) is 0. The molecule has 2 heteroatoms. The van der Waals surface area contributed by atoms with Gasteiger partial charge in [-0.05, 0) is 49.9 Å². The zero-order valence-electron chi connectivity index (χ0n) is 16.7. The molecule has 0 aromatic heterocycles. The standard InChI is InChI=1S/C23H32O2/c1-8-24-22-15-18(13-14-19(22)16(2)3)23(6,7)20-11-9-10-12-21(20)25-17(4)5/h9-17H,8H2,1-7H3. The SMILES string of the molecule is CCOc1cc(C(C)(C)c2ccccc2OC(C)C)ccc1C(C)C. The molecule has 0 aliphatic heterocycles. The van der Waals surface area contributed by atoms with Crippen molar-refractivity contribution in [3.63, 3.8) is 0 Å². The van der Waals surface area contributed by atoms with Crippen molar-refractivity contribution in [2.45, 2.75) is 65.9 Å². The van der Waals surface area contributed by atoms with Gasteiger partial charge < -0.3 is 9.47 Å². The van der Waals surface area contributed by atoms with Crippen molar-refractivity contribution in [1.82, 2.24) is 0 Å². The molecular weight excluding hydrogens is 308 g/mol. The number of ether oxygens (including phenoxy) is 2. The van der Waals surface area contributed by atoms with Gasteiger partial charge in [0.1, 0.15) is 11.5 Å². The van der Waals surface area contributed by atoms with Gasteiger partial charge in [-0.15, -0.1) is 0 Å². The highest BCUT2D eigenvalue weighted by atomic mass is 16.5. The summed E-state index contributed by atoms with van der Waals surface area (Å²) in [6.45, 7) is 15.7. The van der Waals surface area contributed by atoms with Crippen LogP contribution in [0, 0.1) is 0 Å². The molecule has 0 heterocycles. The summed E-state index contributed by atoms with van der Waals surface area (Å²) in [6, 6.07) is 15.0.